The van der Waals surface area contributed by atoms with Gasteiger partial charge >= 0.3 is 0 Å². The van der Waals surface area contributed by atoms with Crippen molar-refractivity contribution in [2.24, 2.45) is 0 Å². The molecule has 0 aromatic heterocycles. The van der Waals surface area contributed by atoms with Crippen molar-refractivity contribution in [3.63, 3.8) is 0 Å². The molecule has 2 N–H and O–H groups in total. The molecular formula is C13H21NO4S. The summed E-state index contributed by atoms with van der Waals surface area (Å²) in [5, 5.41) is 9.10. The molecule has 0 unspecified atom stereocenters. The van der Waals surface area contributed by atoms with Crippen LogP contribution in [0.15, 0.2) is 17.0 Å². The number of aryl methyl sites for hydroxylation is 2. The Labute approximate surface area is 114 Å². The van der Waals surface area contributed by atoms with Crippen LogP contribution in [0.4, 0.5) is 0 Å². The third kappa shape index (κ3) is 3.68. The van der Waals surface area contributed by atoms with E-state index in [4.69, 9.17) is 9.84 Å². The first-order valence-electron chi connectivity index (χ1n) is 6.14. The third-order valence-corrected chi connectivity index (χ3v) is 4.65. The van der Waals surface area contributed by atoms with Gasteiger partial charge in [0.15, 0.2) is 0 Å². The molecular weight excluding hydrogens is 266 g/mol. The van der Waals surface area contributed by atoms with Gasteiger partial charge in [-0.05, 0) is 43.5 Å². The fourth-order valence-corrected chi connectivity index (χ4v) is 3.21. The van der Waals surface area contributed by atoms with Crippen molar-refractivity contribution in [3.05, 3.63) is 23.3 Å². The highest BCUT2D eigenvalue weighted by atomic mass is 32.2. The summed E-state index contributed by atoms with van der Waals surface area (Å²) in [6.45, 7) is 5.31. The monoisotopic (exact) mass is 287 g/mol. The minimum atomic E-state index is -3.70. The highest BCUT2D eigenvalue weighted by Gasteiger charge is 2.23. The predicted octanol–water partition coefficient (Wildman–Crippen LogP) is 1.36. The maximum Gasteiger partial charge on any atom is 0.244 e. The molecule has 0 fully saturated rings. The van der Waals surface area contributed by atoms with Crippen LogP contribution in [-0.4, -0.2) is 33.3 Å². The van der Waals surface area contributed by atoms with Gasteiger partial charge in [-0.15, -0.1) is 0 Å². The normalized spacial score (nSPS) is 13.3. The van der Waals surface area contributed by atoms with Crippen LogP contribution in [0, 0.1) is 13.8 Å². The first-order chi connectivity index (χ1) is 8.85. The third-order valence-electron chi connectivity index (χ3n) is 3.10. The fraction of sp³-hybridized carbons (Fsp3) is 0.538. The molecule has 1 rings (SSSR count). The topological polar surface area (TPSA) is 75.6 Å². The number of hydrogen-bond acceptors (Lipinski definition) is 4. The number of nitrogens with one attached hydrogen (secondary N) is 1. The molecule has 1 aromatic rings. The summed E-state index contributed by atoms with van der Waals surface area (Å²) in [5.41, 5.74) is 1.84. The average molecular weight is 287 g/mol. The van der Waals surface area contributed by atoms with Crippen molar-refractivity contribution in [2.45, 2.75) is 38.1 Å². The smallest absolute Gasteiger partial charge is 0.244 e. The van der Waals surface area contributed by atoms with Crippen molar-refractivity contribution in [1.82, 2.24) is 4.72 Å². The molecule has 0 aliphatic carbocycles. The van der Waals surface area contributed by atoms with Gasteiger partial charge in [-0.25, -0.2) is 13.1 Å². The number of aliphatic hydroxyl groups excluding tert-OH is 1. The van der Waals surface area contributed by atoms with E-state index in [9.17, 15) is 8.42 Å². The molecule has 1 atom stereocenters. The summed E-state index contributed by atoms with van der Waals surface area (Å²) < 4.78 is 32.2. The summed E-state index contributed by atoms with van der Waals surface area (Å²) in [7, 11) is -2.26. The number of methoxy groups -OCH3 is 1. The van der Waals surface area contributed by atoms with Crippen molar-refractivity contribution >= 4 is 10.0 Å². The largest absolute Gasteiger partial charge is 0.495 e. The lowest BCUT2D eigenvalue weighted by Crippen LogP contribution is -2.37. The molecule has 0 amide bonds. The number of rotatable bonds is 6. The van der Waals surface area contributed by atoms with Crippen LogP contribution in [0.1, 0.15) is 24.5 Å². The quantitative estimate of drug-likeness (QED) is 0.828. The number of ether oxygens (including phenoxy) is 1. The summed E-state index contributed by atoms with van der Waals surface area (Å²) in [4.78, 5) is 0.102. The van der Waals surface area contributed by atoms with E-state index in [-0.39, 0.29) is 11.5 Å². The van der Waals surface area contributed by atoms with E-state index in [0.29, 0.717) is 12.2 Å². The zero-order valence-corrected chi connectivity index (χ0v) is 12.5. The Morgan fingerprint density at radius 2 is 1.89 bits per heavy atom. The second kappa shape index (κ2) is 6.36. The average Bonchev–Trinajstić information content (AvgIpc) is 2.38. The van der Waals surface area contributed by atoms with Gasteiger partial charge in [0.1, 0.15) is 10.6 Å². The fourth-order valence-electron chi connectivity index (χ4n) is 1.67. The van der Waals surface area contributed by atoms with Crippen LogP contribution in [-0.2, 0) is 10.0 Å². The first kappa shape index (κ1) is 15.9. The lowest BCUT2D eigenvalue weighted by molar-refractivity contribution is 0.253. The van der Waals surface area contributed by atoms with E-state index in [1.54, 1.807) is 19.1 Å². The number of hydrogen-bond donors (Lipinski definition) is 2. The Morgan fingerprint density at radius 3 is 2.37 bits per heavy atom. The summed E-state index contributed by atoms with van der Waals surface area (Å²) in [6, 6.07) is 2.79. The highest BCUT2D eigenvalue weighted by molar-refractivity contribution is 7.89. The van der Waals surface area contributed by atoms with E-state index >= 15 is 0 Å². The van der Waals surface area contributed by atoms with Gasteiger partial charge in [0.2, 0.25) is 10.0 Å². The summed E-state index contributed by atoms with van der Waals surface area (Å²) >= 11 is 0. The molecule has 0 radical (unpaired) electrons. The predicted molar refractivity (Wildman–Crippen MR) is 74.0 cm³/mol. The molecule has 0 bridgehead atoms. The number of aliphatic hydroxyl groups is 1. The Balaban J connectivity index is 3.24. The lowest BCUT2D eigenvalue weighted by Gasteiger charge is -2.17. The zero-order valence-electron chi connectivity index (χ0n) is 11.7. The van der Waals surface area contributed by atoms with E-state index in [2.05, 4.69) is 4.72 Å². The minimum absolute atomic E-state index is 0.102. The molecule has 6 heteroatoms. The lowest BCUT2D eigenvalue weighted by atomic mass is 10.1. The minimum Gasteiger partial charge on any atom is -0.495 e. The van der Waals surface area contributed by atoms with Gasteiger partial charge in [0.05, 0.1) is 13.7 Å². The Hall–Kier alpha value is -1.11. The second-order valence-electron chi connectivity index (χ2n) is 4.50. The number of sulfonamides is 1. The van der Waals surface area contributed by atoms with Gasteiger partial charge in [0, 0.05) is 6.04 Å². The second-order valence-corrected chi connectivity index (χ2v) is 6.18. The van der Waals surface area contributed by atoms with Crippen LogP contribution in [0.2, 0.25) is 0 Å². The Morgan fingerprint density at radius 1 is 1.32 bits per heavy atom. The van der Waals surface area contributed by atoms with Gasteiger partial charge < -0.3 is 9.84 Å². The maximum absolute atomic E-state index is 12.3. The molecule has 5 nitrogen and oxygen atoms in total. The van der Waals surface area contributed by atoms with Crippen molar-refractivity contribution < 1.29 is 18.3 Å². The zero-order chi connectivity index (χ0) is 14.6. The molecule has 0 saturated carbocycles. The molecule has 0 aliphatic heterocycles. The maximum atomic E-state index is 12.3. The van der Waals surface area contributed by atoms with Gasteiger partial charge in [0.25, 0.3) is 0 Å². The molecule has 108 valence electrons. The van der Waals surface area contributed by atoms with Crippen LogP contribution < -0.4 is 9.46 Å². The SMILES string of the molecule is CC[C@H](CO)NS(=O)(=O)c1cc(C)c(C)cc1OC. The van der Waals surface area contributed by atoms with Crippen LogP contribution in [0.5, 0.6) is 5.75 Å². The molecule has 0 aliphatic rings. The van der Waals surface area contributed by atoms with Gasteiger partial charge in [-0.3, -0.25) is 0 Å². The van der Waals surface area contributed by atoms with Crippen molar-refractivity contribution in [2.75, 3.05) is 13.7 Å². The van der Waals surface area contributed by atoms with Crippen molar-refractivity contribution in [1.29, 1.82) is 0 Å². The molecule has 1 aromatic carbocycles. The first-order valence-corrected chi connectivity index (χ1v) is 7.62. The number of benzene rings is 1. The van der Waals surface area contributed by atoms with Crippen molar-refractivity contribution in [3.8, 4) is 5.75 Å². The van der Waals surface area contributed by atoms with E-state index in [1.165, 1.54) is 7.11 Å². The standard InChI is InChI=1S/C13H21NO4S/c1-5-11(8-15)14-19(16,17)13-7-10(3)9(2)6-12(13)18-4/h6-7,11,14-15H,5,8H2,1-4H3/t11-/m1/s1. The van der Waals surface area contributed by atoms with E-state index in [0.717, 1.165) is 11.1 Å². The summed E-state index contributed by atoms with van der Waals surface area (Å²) in [5.74, 6) is 0.309. The summed E-state index contributed by atoms with van der Waals surface area (Å²) in [6.07, 6.45) is 0.517. The molecule has 0 spiro atoms. The Kier molecular flexibility index (Phi) is 5.34. The van der Waals surface area contributed by atoms with Gasteiger partial charge in [-0.1, -0.05) is 6.92 Å². The van der Waals surface area contributed by atoms with Crippen LogP contribution >= 0.6 is 0 Å². The van der Waals surface area contributed by atoms with E-state index < -0.39 is 16.1 Å². The Bertz CT molecular complexity index is 536. The molecule has 19 heavy (non-hydrogen) atoms. The molecule has 0 saturated heterocycles. The highest BCUT2D eigenvalue weighted by Crippen LogP contribution is 2.27. The molecule has 0 heterocycles. The van der Waals surface area contributed by atoms with Crippen LogP contribution in [0.3, 0.4) is 0 Å². The van der Waals surface area contributed by atoms with E-state index in [1.807, 2.05) is 13.8 Å². The van der Waals surface area contributed by atoms with Crippen LogP contribution in [0.25, 0.3) is 0 Å². The van der Waals surface area contributed by atoms with Gasteiger partial charge in [-0.2, -0.15) is 0 Å².